The van der Waals surface area contributed by atoms with Gasteiger partial charge in [-0.1, -0.05) is 45.2 Å². The molecule has 0 fully saturated rings. The molecule has 0 saturated heterocycles. The van der Waals surface area contributed by atoms with E-state index in [1.165, 1.54) is 4.90 Å². The third kappa shape index (κ3) is 7.78. The molecule has 2 rings (SSSR count). The summed E-state index contributed by atoms with van der Waals surface area (Å²) in [5.41, 5.74) is 0.343. The lowest BCUT2D eigenvalue weighted by Gasteiger charge is -2.40. The van der Waals surface area contributed by atoms with Crippen LogP contribution in [-0.2, 0) is 14.4 Å². The molecule has 2 amide bonds. The van der Waals surface area contributed by atoms with Gasteiger partial charge in [-0.3, -0.25) is 14.4 Å². The summed E-state index contributed by atoms with van der Waals surface area (Å²) < 4.78 is 6.92. The summed E-state index contributed by atoms with van der Waals surface area (Å²) in [4.78, 5) is 39.5. The highest BCUT2D eigenvalue weighted by atomic mass is 127. The molecule has 0 aliphatic heterocycles. The summed E-state index contributed by atoms with van der Waals surface area (Å²) in [6.07, 6.45) is 3.30. The van der Waals surface area contributed by atoms with Crippen LogP contribution in [0.5, 0.6) is 5.75 Å². The number of unbranched alkanes of at least 4 members (excludes halogenated alkanes) is 3. The molecule has 1 aromatic carbocycles. The molecule has 0 radical (unpaired) electrons. The molecule has 1 aliphatic carbocycles. The van der Waals surface area contributed by atoms with Gasteiger partial charge in [-0.2, -0.15) is 0 Å². The molecule has 0 aromatic heterocycles. The largest absolute Gasteiger partial charge is 0.482 e. The number of nitrogens with one attached hydrogen (secondary N) is 1. The average Bonchev–Trinajstić information content (AvgIpc) is 2.84. The van der Waals surface area contributed by atoms with Crippen LogP contribution in [-0.4, -0.2) is 70.7 Å². The SMILES string of the molecule is CCCCCCN(C(=O)C(=O)CC)[C@@H]1CC(C(=O)NCCO)=C[C@H](Oc2ccccc2I)[C@H]1O. The number of ether oxygens (including phenoxy) is 1. The van der Waals surface area contributed by atoms with Crippen molar-refractivity contribution in [3.05, 3.63) is 39.5 Å². The van der Waals surface area contributed by atoms with E-state index in [4.69, 9.17) is 9.84 Å². The highest BCUT2D eigenvalue weighted by molar-refractivity contribution is 14.1. The standard InChI is InChI=1S/C25H35IN2O6/c1-3-5-6-9-13-28(25(33)20(30)4-2)19-15-17(24(32)27-12-14-29)16-22(23(19)31)34-21-11-8-7-10-18(21)26/h7-8,10-11,16,19,22-23,29,31H,3-6,9,12-15H2,1-2H3,(H,27,32)/t19-,22+,23+/m1/s1. The summed E-state index contributed by atoms with van der Waals surface area (Å²) >= 11 is 2.13. The fraction of sp³-hybridized carbons (Fsp3) is 0.560. The molecule has 1 aliphatic rings. The number of Topliss-reactive ketones (excluding diaryl/α,β-unsaturated/α-hetero) is 1. The van der Waals surface area contributed by atoms with Gasteiger partial charge in [0, 0.05) is 31.5 Å². The van der Waals surface area contributed by atoms with Gasteiger partial charge in [-0.05, 0) is 47.2 Å². The predicted octanol–water partition coefficient (Wildman–Crippen LogP) is 2.59. The maximum Gasteiger partial charge on any atom is 0.290 e. The fourth-order valence-corrected chi connectivity index (χ4v) is 4.42. The molecular formula is C25H35IN2O6. The van der Waals surface area contributed by atoms with E-state index in [-0.39, 0.29) is 26.0 Å². The van der Waals surface area contributed by atoms with Gasteiger partial charge in [-0.15, -0.1) is 0 Å². The monoisotopic (exact) mass is 586 g/mol. The first kappa shape index (κ1) is 28.3. The number of halogens is 1. The van der Waals surface area contributed by atoms with E-state index < -0.39 is 35.8 Å². The average molecular weight is 586 g/mol. The molecule has 0 bridgehead atoms. The van der Waals surface area contributed by atoms with E-state index in [0.717, 1.165) is 22.8 Å². The zero-order chi connectivity index (χ0) is 25.1. The number of carbonyl (C=O) groups excluding carboxylic acids is 3. The molecule has 3 atom stereocenters. The number of benzene rings is 1. The van der Waals surface area contributed by atoms with Gasteiger partial charge in [0.1, 0.15) is 18.0 Å². The van der Waals surface area contributed by atoms with Crippen molar-refractivity contribution in [1.29, 1.82) is 0 Å². The van der Waals surface area contributed by atoms with Crippen LogP contribution >= 0.6 is 22.6 Å². The normalized spacial score (nSPS) is 19.8. The van der Waals surface area contributed by atoms with Crippen LogP contribution < -0.4 is 10.1 Å². The Labute approximate surface area is 214 Å². The van der Waals surface area contributed by atoms with Gasteiger partial charge in [-0.25, -0.2) is 0 Å². The minimum Gasteiger partial charge on any atom is -0.482 e. The van der Waals surface area contributed by atoms with Crippen molar-refractivity contribution in [1.82, 2.24) is 10.2 Å². The Morgan fingerprint density at radius 1 is 1.18 bits per heavy atom. The predicted molar refractivity (Wildman–Crippen MR) is 137 cm³/mol. The first-order chi connectivity index (χ1) is 16.3. The summed E-state index contributed by atoms with van der Waals surface area (Å²) in [7, 11) is 0. The minimum absolute atomic E-state index is 0.0644. The lowest BCUT2D eigenvalue weighted by Crippen LogP contribution is -2.56. The maximum absolute atomic E-state index is 13.0. The van der Waals surface area contributed by atoms with Gasteiger partial charge in [0.2, 0.25) is 11.7 Å². The molecule has 0 unspecified atom stereocenters. The van der Waals surface area contributed by atoms with E-state index in [0.29, 0.717) is 24.3 Å². The Morgan fingerprint density at radius 3 is 2.56 bits per heavy atom. The Hall–Kier alpha value is -1.98. The number of para-hydroxylation sites is 1. The van der Waals surface area contributed by atoms with Crippen LogP contribution in [0.2, 0.25) is 0 Å². The van der Waals surface area contributed by atoms with Crippen molar-refractivity contribution < 1.29 is 29.3 Å². The maximum atomic E-state index is 13.0. The van der Waals surface area contributed by atoms with Crippen LogP contribution in [0, 0.1) is 3.57 Å². The molecule has 188 valence electrons. The number of rotatable bonds is 13. The topological polar surface area (TPSA) is 116 Å². The van der Waals surface area contributed by atoms with Crippen molar-refractivity contribution in [2.45, 2.75) is 70.6 Å². The van der Waals surface area contributed by atoms with Crippen LogP contribution in [0.15, 0.2) is 35.9 Å². The van der Waals surface area contributed by atoms with Gasteiger partial charge >= 0.3 is 0 Å². The zero-order valence-corrected chi connectivity index (χ0v) is 22.0. The van der Waals surface area contributed by atoms with Crippen molar-refractivity contribution in [2.24, 2.45) is 0 Å². The van der Waals surface area contributed by atoms with Gasteiger partial charge in [0.05, 0.1) is 16.2 Å². The van der Waals surface area contributed by atoms with Gasteiger partial charge in [0.25, 0.3) is 5.91 Å². The number of amides is 2. The number of ketones is 1. The Morgan fingerprint density at radius 2 is 1.91 bits per heavy atom. The third-order valence-corrected chi connectivity index (χ3v) is 6.68. The molecule has 34 heavy (non-hydrogen) atoms. The van der Waals surface area contributed by atoms with Crippen molar-refractivity contribution >= 4 is 40.2 Å². The lowest BCUT2D eigenvalue weighted by atomic mass is 9.87. The van der Waals surface area contributed by atoms with E-state index in [2.05, 4.69) is 34.8 Å². The second-order valence-corrected chi connectivity index (χ2v) is 9.44. The lowest BCUT2D eigenvalue weighted by molar-refractivity contribution is -0.149. The quantitative estimate of drug-likeness (QED) is 0.186. The second-order valence-electron chi connectivity index (χ2n) is 8.28. The molecule has 0 heterocycles. The molecule has 1 aromatic rings. The second kappa shape index (κ2) is 14.4. The number of hydrogen-bond acceptors (Lipinski definition) is 6. The fourth-order valence-electron chi connectivity index (χ4n) is 3.90. The van der Waals surface area contributed by atoms with E-state index >= 15 is 0 Å². The molecular weight excluding hydrogens is 551 g/mol. The highest BCUT2D eigenvalue weighted by Gasteiger charge is 2.41. The van der Waals surface area contributed by atoms with Gasteiger partial charge in [0.15, 0.2) is 0 Å². The van der Waals surface area contributed by atoms with Gasteiger partial charge < -0.3 is 25.2 Å². The smallest absolute Gasteiger partial charge is 0.290 e. The number of carbonyl (C=O) groups is 3. The van der Waals surface area contributed by atoms with Crippen molar-refractivity contribution in [3.8, 4) is 5.75 Å². The Bertz CT molecular complexity index is 875. The van der Waals surface area contributed by atoms with E-state index in [9.17, 15) is 19.5 Å². The zero-order valence-electron chi connectivity index (χ0n) is 19.8. The van der Waals surface area contributed by atoms with Crippen molar-refractivity contribution in [2.75, 3.05) is 19.7 Å². The Balaban J connectivity index is 2.38. The van der Waals surface area contributed by atoms with Crippen molar-refractivity contribution in [3.63, 3.8) is 0 Å². The first-order valence-electron chi connectivity index (χ1n) is 11.9. The van der Waals surface area contributed by atoms with E-state index in [1.54, 1.807) is 19.1 Å². The molecule has 3 N–H and O–H groups in total. The van der Waals surface area contributed by atoms with Crippen LogP contribution in [0.25, 0.3) is 0 Å². The minimum atomic E-state index is -1.13. The summed E-state index contributed by atoms with van der Waals surface area (Å²) in [5.74, 6) is -1.03. The van der Waals surface area contributed by atoms with Crippen LogP contribution in [0.3, 0.4) is 0 Å². The number of nitrogens with zero attached hydrogens (tertiary/aromatic N) is 1. The molecule has 8 nitrogen and oxygen atoms in total. The number of aliphatic hydroxyl groups is 2. The Kier molecular flexibility index (Phi) is 12.0. The summed E-state index contributed by atoms with van der Waals surface area (Å²) in [5, 5.41) is 23.0. The highest BCUT2D eigenvalue weighted by Crippen LogP contribution is 2.30. The van der Waals surface area contributed by atoms with Crippen LogP contribution in [0.1, 0.15) is 52.4 Å². The molecule has 0 spiro atoms. The summed E-state index contributed by atoms with van der Waals surface area (Å²) in [6.45, 7) is 3.90. The number of aliphatic hydroxyl groups excluding tert-OH is 2. The molecule has 0 saturated carbocycles. The van der Waals surface area contributed by atoms with Crippen LogP contribution in [0.4, 0.5) is 0 Å². The molecule has 9 heteroatoms. The number of hydrogen-bond donors (Lipinski definition) is 3. The first-order valence-corrected chi connectivity index (χ1v) is 12.9. The van der Waals surface area contributed by atoms with E-state index in [1.807, 2.05) is 18.2 Å². The third-order valence-electron chi connectivity index (χ3n) is 5.79. The summed E-state index contributed by atoms with van der Waals surface area (Å²) in [6, 6.07) is 6.52.